The summed E-state index contributed by atoms with van der Waals surface area (Å²) >= 11 is 1.86. The molecule has 2 saturated carbocycles. The molecule has 4 atom stereocenters. The molecular formula is C33H41Cl2FN2O2S. The normalized spacial score (nSPS) is 23.9. The van der Waals surface area contributed by atoms with Gasteiger partial charge in [-0.3, -0.25) is 4.79 Å². The van der Waals surface area contributed by atoms with Crippen molar-refractivity contribution in [2.45, 2.75) is 63.2 Å². The molecule has 41 heavy (non-hydrogen) atoms. The molecule has 0 radical (unpaired) electrons. The van der Waals surface area contributed by atoms with Crippen LogP contribution in [0.25, 0.3) is 0 Å². The molecule has 3 aliphatic rings. The van der Waals surface area contributed by atoms with Crippen LogP contribution in [0.1, 0.15) is 77.8 Å². The van der Waals surface area contributed by atoms with Crippen LogP contribution in [0.5, 0.6) is 0 Å². The monoisotopic (exact) mass is 618 g/mol. The molecule has 1 aliphatic heterocycles. The predicted molar refractivity (Wildman–Crippen MR) is 168 cm³/mol. The Labute approximate surface area is 259 Å². The van der Waals surface area contributed by atoms with Crippen molar-refractivity contribution in [1.82, 2.24) is 9.88 Å². The molecule has 3 aromatic rings. The Morgan fingerprint density at radius 3 is 2.46 bits per heavy atom. The van der Waals surface area contributed by atoms with Crippen LogP contribution >= 0.6 is 36.2 Å². The molecule has 222 valence electrons. The summed E-state index contributed by atoms with van der Waals surface area (Å²) in [4.78, 5) is 21.0. The van der Waals surface area contributed by atoms with E-state index in [4.69, 9.17) is 4.98 Å². The van der Waals surface area contributed by atoms with Gasteiger partial charge in [-0.15, -0.1) is 36.2 Å². The molecule has 0 amide bonds. The molecule has 0 spiro atoms. The van der Waals surface area contributed by atoms with Crippen molar-refractivity contribution < 1.29 is 14.3 Å². The molecule has 1 saturated heterocycles. The van der Waals surface area contributed by atoms with Crippen LogP contribution in [0, 0.1) is 29.5 Å². The molecule has 0 bridgehead atoms. The maximum absolute atomic E-state index is 14.2. The number of hydrogen-bond donors (Lipinski definition) is 1. The number of carboxylic acids is 1. The Hall–Kier alpha value is -1.99. The zero-order chi connectivity index (χ0) is 26.8. The minimum absolute atomic E-state index is 0. The lowest BCUT2D eigenvalue weighted by Gasteiger charge is -2.34. The summed E-state index contributed by atoms with van der Waals surface area (Å²) in [7, 11) is 0. The highest BCUT2D eigenvalue weighted by atomic mass is 35.5. The molecule has 2 heterocycles. The topological polar surface area (TPSA) is 53.4 Å². The number of carbonyl (C=O) groups is 1. The van der Waals surface area contributed by atoms with Gasteiger partial charge in [-0.25, -0.2) is 9.37 Å². The van der Waals surface area contributed by atoms with Gasteiger partial charge < -0.3 is 10.0 Å². The second kappa shape index (κ2) is 14.5. The quantitative estimate of drug-likeness (QED) is 0.249. The molecule has 2 aliphatic carbocycles. The third-order valence-corrected chi connectivity index (χ3v) is 10.6. The Bertz CT molecular complexity index is 1260. The van der Waals surface area contributed by atoms with Gasteiger partial charge in [0.15, 0.2) is 0 Å². The third-order valence-electron chi connectivity index (χ3n) is 9.43. The number of nitrogens with zero attached hydrogens (tertiary/aromatic N) is 2. The van der Waals surface area contributed by atoms with Crippen molar-refractivity contribution in [2.24, 2.45) is 23.7 Å². The van der Waals surface area contributed by atoms with E-state index in [-0.39, 0.29) is 48.4 Å². The fourth-order valence-electron chi connectivity index (χ4n) is 7.15. The maximum Gasteiger partial charge on any atom is 0.306 e. The van der Waals surface area contributed by atoms with E-state index in [9.17, 15) is 14.3 Å². The largest absolute Gasteiger partial charge is 0.481 e. The molecule has 6 rings (SSSR count). The molecule has 3 unspecified atom stereocenters. The lowest BCUT2D eigenvalue weighted by Crippen LogP contribution is -2.37. The van der Waals surface area contributed by atoms with Crippen LogP contribution < -0.4 is 0 Å². The van der Waals surface area contributed by atoms with Crippen LogP contribution in [0.4, 0.5) is 4.39 Å². The van der Waals surface area contributed by atoms with E-state index in [1.807, 2.05) is 17.4 Å². The first kappa shape index (κ1) is 31.9. The standard InChI is InChI=1S/C33H39FN2O2S.2ClH/c34-28-8-4-7-25(18-28)29-19-26(30(33(37)38)15-23-9-10-23)17-27(29)21-36-13-11-24(12-14-36)31-20-35-32(39-31)16-22-5-2-1-3-6-22;;/h1-8,18,20,23-24,26-27,29-30H,9-17,19,21H2,(H,37,38);2*1H/t26?,27?,29?,30-;;/m0../s1. The summed E-state index contributed by atoms with van der Waals surface area (Å²) in [6, 6.07) is 17.6. The van der Waals surface area contributed by atoms with Crippen LogP contribution in [-0.4, -0.2) is 40.6 Å². The number of rotatable bonds is 10. The van der Waals surface area contributed by atoms with Gasteiger partial charge in [0.1, 0.15) is 5.82 Å². The first-order valence-corrected chi connectivity index (χ1v) is 15.5. The number of benzene rings is 2. The summed E-state index contributed by atoms with van der Waals surface area (Å²) in [5.41, 5.74) is 2.35. The molecule has 1 N–H and O–H groups in total. The van der Waals surface area contributed by atoms with E-state index in [1.54, 1.807) is 12.1 Å². The molecule has 8 heteroatoms. The molecule has 2 aromatic carbocycles. The lowest BCUT2D eigenvalue weighted by molar-refractivity contribution is -0.144. The Morgan fingerprint density at radius 2 is 1.78 bits per heavy atom. The van der Waals surface area contributed by atoms with Crippen LogP contribution in [0.15, 0.2) is 60.8 Å². The molecule has 1 aromatic heterocycles. The van der Waals surface area contributed by atoms with Gasteiger partial charge in [-0.05, 0) is 98.0 Å². The zero-order valence-corrected chi connectivity index (χ0v) is 25.8. The lowest BCUT2D eigenvalue weighted by atomic mass is 9.85. The highest BCUT2D eigenvalue weighted by Gasteiger charge is 2.43. The average molecular weight is 620 g/mol. The summed E-state index contributed by atoms with van der Waals surface area (Å²) in [6.45, 7) is 3.08. The second-order valence-electron chi connectivity index (χ2n) is 12.2. The van der Waals surface area contributed by atoms with Gasteiger partial charge in [0.25, 0.3) is 0 Å². The molecule has 3 fully saturated rings. The Kier molecular flexibility index (Phi) is 11.3. The van der Waals surface area contributed by atoms with E-state index < -0.39 is 5.97 Å². The van der Waals surface area contributed by atoms with E-state index in [2.05, 4.69) is 41.4 Å². The Balaban J connectivity index is 0.00000194. The van der Waals surface area contributed by atoms with Gasteiger partial charge in [0.2, 0.25) is 0 Å². The van der Waals surface area contributed by atoms with Crippen molar-refractivity contribution in [3.05, 3.63) is 87.6 Å². The van der Waals surface area contributed by atoms with Crippen molar-refractivity contribution in [3.8, 4) is 0 Å². The number of halogens is 3. The molecular weight excluding hydrogens is 578 g/mol. The number of thiazole rings is 1. The van der Waals surface area contributed by atoms with Gasteiger partial charge in [-0.2, -0.15) is 0 Å². The van der Waals surface area contributed by atoms with E-state index >= 15 is 0 Å². The third kappa shape index (κ3) is 8.10. The van der Waals surface area contributed by atoms with Crippen molar-refractivity contribution >= 4 is 42.1 Å². The van der Waals surface area contributed by atoms with E-state index in [1.165, 1.54) is 34.4 Å². The zero-order valence-electron chi connectivity index (χ0n) is 23.4. The fraction of sp³-hybridized carbons (Fsp3) is 0.515. The summed E-state index contributed by atoms with van der Waals surface area (Å²) in [5.74, 6) is 0.842. The smallest absolute Gasteiger partial charge is 0.306 e. The van der Waals surface area contributed by atoms with E-state index in [0.717, 1.165) is 63.7 Å². The highest BCUT2D eigenvalue weighted by Crippen LogP contribution is 2.49. The Morgan fingerprint density at radius 1 is 1.02 bits per heavy atom. The summed E-state index contributed by atoms with van der Waals surface area (Å²) in [6.07, 6.45) is 10.2. The molecule has 4 nitrogen and oxygen atoms in total. The number of hydrogen-bond acceptors (Lipinski definition) is 4. The predicted octanol–water partition coefficient (Wildman–Crippen LogP) is 8.21. The fourth-order valence-corrected chi connectivity index (χ4v) is 8.27. The van der Waals surface area contributed by atoms with Crippen LogP contribution in [0.3, 0.4) is 0 Å². The maximum atomic E-state index is 14.2. The number of aliphatic carboxylic acids is 1. The highest BCUT2D eigenvalue weighted by molar-refractivity contribution is 7.11. The first-order valence-electron chi connectivity index (χ1n) is 14.7. The van der Waals surface area contributed by atoms with Gasteiger partial charge in [0, 0.05) is 24.0 Å². The SMILES string of the molecule is Cl.Cl.O=C(O)[C@@H](CC1CC1)C1CC(CN2CCC(c3cnc(Cc4ccccc4)s3)CC2)C(c2cccc(F)c2)C1. The first-order chi connectivity index (χ1) is 19.0. The average Bonchev–Trinajstić information content (AvgIpc) is 3.49. The van der Waals surface area contributed by atoms with Gasteiger partial charge in [0.05, 0.1) is 10.9 Å². The summed E-state index contributed by atoms with van der Waals surface area (Å²) < 4.78 is 14.2. The number of likely N-dealkylation sites (tertiary alicyclic amines) is 1. The number of carboxylic acid groups (broad SMARTS) is 1. The van der Waals surface area contributed by atoms with Crippen molar-refractivity contribution in [3.63, 3.8) is 0 Å². The number of aromatic nitrogens is 1. The summed E-state index contributed by atoms with van der Waals surface area (Å²) in [5, 5.41) is 11.3. The second-order valence-corrected chi connectivity index (χ2v) is 13.3. The van der Waals surface area contributed by atoms with E-state index in [0.29, 0.717) is 17.8 Å². The van der Waals surface area contributed by atoms with Crippen molar-refractivity contribution in [2.75, 3.05) is 19.6 Å². The van der Waals surface area contributed by atoms with Crippen LogP contribution in [-0.2, 0) is 11.2 Å². The number of piperidine rings is 1. The van der Waals surface area contributed by atoms with Gasteiger partial charge in [-0.1, -0.05) is 55.3 Å². The minimum Gasteiger partial charge on any atom is -0.481 e. The van der Waals surface area contributed by atoms with Gasteiger partial charge >= 0.3 is 5.97 Å². The van der Waals surface area contributed by atoms with Crippen molar-refractivity contribution in [1.29, 1.82) is 0 Å². The minimum atomic E-state index is -0.637. The van der Waals surface area contributed by atoms with Crippen LogP contribution in [0.2, 0.25) is 0 Å².